The summed E-state index contributed by atoms with van der Waals surface area (Å²) in [5.41, 5.74) is 0.580. The van der Waals surface area contributed by atoms with Crippen LogP contribution in [0.5, 0.6) is 0 Å². The summed E-state index contributed by atoms with van der Waals surface area (Å²) in [6.45, 7) is 1.67. The normalized spacial score (nSPS) is 9.75. The van der Waals surface area contributed by atoms with Crippen molar-refractivity contribution in [3.8, 4) is 0 Å². The summed E-state index contributed by atoms with van der Waals surface area (Å²) in [7, 11) is 0. The molecule has 0 radical (unpaired) electrons. The third-order valence-electron chi connectivity index (χ3n) is 0.625. The van der Waals surface area contributed by atoms with Gasteiger partial charge in [-0.1, -0.05) is 23.2 Å². The molecule has 0 saturated heterocycles. The van der Waals surface area contributed by atoms with E-state index in [-0.39, 0.29) is 4.49 Å². The molecule has 0 rings (SSSR count). The van der Waals surface area contributed by atoms with Crippen molar-refractivity contribution in [1.82, 2.24) is 0 Å². The average Bonchev–Trinajstić information content (AvgIpc) is 1.64. The van der Waals surface area contributed by atoms with Gasteiger partial charge in [0.1, 0.15) is 9.33 Å². The molecule has 0 fully saturated rings. The molecule has 0 bridgehead atoms. The number of halogens is 4. The van der Waals surface area contributed by atoms with E-state index in [2.05, 4.69) is 0 Å². The first-order valence-electron chi connectivity index (χ1n) is 1.85. The van der Waals surface area contributed by atoms with Crippen molar-refractivity contribution < 1.29 is 0 Å². The summed E-state index contributed by atoms with van der Waals surface area (Å²) in [6, 6.07) is 0. The lowest BCUT2D eigenvalue weighted by Gasteiger charge is -1.97. The minimum Gasteiger partial charge on any atom is -0.100 e. The van der Waals surface area contributed by atoms with Crippen LogP contribution in [0.1, 0.15) is 6.92 Å². The Morgan fingerprint density at radius 2 is 1.62 bits per heavy atom. The molecule has 0 heterocycles. The van der Waals surface area contributed by atoms with Crippen LogP contribution in [0.4, 0.5) is 0 Å². The van der Waals surface area contributed by atoms with Crippen molar-refractivity contribution in [3.63, 3.8) is 0 Å². The smallest absolute Gasteiger partial charge is 0.100 e. The molecule has 0 N–H and O–H groups in total. The zero-order valence-corrected chi connectivity index (χ0v) is 7.11. The average molecular weight is 194 g/mol. The molecule has 0 saturated carbocycles. The quantitative estimate of drug-likeness (QED) is 0.560. The monoisotopic (exact) mass is 192 g/mol. The van der Waals surface area contributed by atoms with Crippen LogP contribution in [0.2, 0.25) is 0 Å². The zero-order valence-electron chi connectivity index (χ0n) is 4.09. The second-order valence-corrected chi connectivity index (χ2v) is 3.29. The maximum Gasteiger partial charge on any atom is 0.131 e. The van der Waals surface area contributed by atoms with Crippen molar-refractivity contribution >= 4 is 46.4 Å². The summed E-state index contributed by atoms with van der Waals surface area (Å²) < 4.78 is 0.139. The van der Waals surface area contributed by atoms with Crippen LogP contribution in [0.3, 0.4) is 0 Å². The highest BCUT2D eigenvalue weighted by molar-refractivity contribution is 6.57. The minimum absolute atomic E-state index is 0.139. The summed E-state index contributed by atoms with van der Waals surface area (Å²) in [4.78, 5) is -0.597. The Hall–Kier alpha value is 0.900. The molecule has 0 aliphatic rings. The number of hydrogen-bond donors (Lipinski definition) is 0. The number of rotatable bonds is 1. The van der Waals surface area contributed by atoms with Gasteiger partial charge in [0, 0.05) is 0 Å². The van der Waals surface area contributed by atoms with Crippen LogP contribution >= 0.6 is 46.4 Å². The molecule has 8 heavy (non-hydrogen) atoms. The minimum atomic E-state index is -0.597. The summed E-state index contributed by atoms with van der Waals surface area (Å²) in [6.07, 6.45) is 0. The number of alkyl halides is 2. The molecule has 0 atom stereocenters. The van der Waals surface area contributed by atoms with Gasteiger partial charge in [-0.2, -0.15) is 0 Å². The van der Waals surface area contributed by atoms with E-state index < -0.39 is 4.84 Å². The van der Waals surface area contributed by atoms with Gasteiger partial charge in [-0.25, -0.2) is 0 Å². The Morgan fingerprint density at radius 1 is 1.25 bits per heavy atom. The van der Waals surface area contributed by atoms with E-state index in [1.54, 1.807) is 6.92 Å². The van der Waals surface area contributed by atoms with Gasteiger partial charge in [0.2, 0.25) is 0 Å². The molecule has 0 spiro atoms. The fourth-order valence-corrected chi connectivity index (χ4v) is 0.742. The summed E-state index contributed by atoms with van der Waals surface area (Å²) in [5.74, 6) is 0. The molecule has 0 unspecified atom stereocenters. The fourth-order valence-electron chi connectivity index (χ4n) is 0.0825. The van der Waals surface area contributed by atoms with Crippen molar-refractivity contribution in [2.24, 2.45) is 0 Å². The molecule has 0 nitrogen and oxygen atoms in total. The molecule has 48 valence electrons. The maximum atomic E-state index is 5.36. The highest BCUT2D eigenvalue weighted by Gasteiger charge is 2.03. The van der Waals surface area contributed by atoms with Crippen molar-refractivity contribution in [1.29, 1.82) is 0 Å². The van der Waals surface area contributed by atoms with Crippen molar-refractivity contribution in [3.05, 3.63) is 10.1 Å². The zero-order chi connectivity index (χ0) is 6.73. The highest BCUT2D eigenvalue weighted by atomic mass is 35.5. The highest BCUT2D eigenvalue weighted by Crippen LogP contribution is 2.22. The van der Waals surface area contributed by atoms with Crippen LogP contribution in [0.25, 0.3) is 0 Å². The van der Waals surface area contributed by atoms with E-state index in [4.69, 9.17) is 46.4 Å². The van der Waals surface area contributed by atoms with Gasteiger partial charge in [-0.3, -0.25) is 0 Å². The van der Waals surface area contributed by atoms with E-state index in [0.29, 0.717) is 5.57 Å². The van der Waals surface area contributed by atoms with Gasteiger partial charge in [-0.15, -0.1) is 23.2 Å². The predicted molar refractivity (Wildman–Crippen MR) is 39.9 cm³/mol. The third kappa shape index (κ3) is 3.03. The Labute approximate surface area is 68.4 Å². The van der Waals surface area contributed by atoms with E-state index >= 15 is 0 Å². The SMILES string of the molecule is CC(=C(Cl)Cl)C(Cl)Cl. The first-order chi connectivity index (χ1) is 3.55. The van der Waals surface area contributed by atoms with Gasteiger partial charge in [0.25, 0.3) is 0 Å². The molecule has 0 aromatic rings. The Morgan fingerprint density at radius 3 is 1.62 bits per heavy atom. The Balaban J connectivity index is 4.00. The van der Waals surface area contributed by atoms with E-state index in [1.165, 1.54) is 0 Å². The van der Waals surface area contributed by atoms with Gasteiger partial charge in [0.15, 0.2) is 0 Å². The Bertz CT molecular complexity index is 101. The molecular formula is C4H4Cl4. The third-order valence-corrected chi connectivity index (χ3v) is 1.88. The molecule has 0 aromatic carbocycles. The van der Waals surface area contributed by atoms with Crippen LogP contribution in [-0.4, -0.2) is 4.84 Å². The van der Waals surface area contributed by atoms with E-state index in [0.717, 1.165) is 0 Å². The van der Waals surface area contributed by atoms with E-state index in [9.17, 15) is 0 Å². The number of allylic oxidation sites excluding steroid dienone is 1. The fraction of sp³-hybridized carbons (Fsp3) is 0.500. The van der Waals surface area contributed by atoms with Crippen LogP contribution < -0.4 is 0 Å². The molecule has 0 amide bonds. The summed E-state index contributed by atoms with van der Waals surface area (Å²) >= 11 is 21.3. The lowest BCUT2D eigenvalue weighted by Crippen LogP contribution is -1.87. The Kier molecular flexibility index (Phi) is 4.27. The second-order valence-electron chi connectivity index (χ2n) is 1.24. The molecule has 0 aromatic heterocycles. The van der Waals surface area contributed by atoms with Crippen LogP contribution in [0, 0.1) is 0 Å². The van der Waals surface area contributed by atoms with Gasteiger partial charge < -0.3 is 0 Å². The molecule has 0 aliphatic carbocycles. The standard InChI is InChI=1S/C4H4Cl4/c1-2(3(5)6)4(7)8/h3H,1H3. The maximum absolute atomic E-state index is 5.36. The number of hydrogen-bond acceptors (Lipinski definition) is 0. The molecule has 0 aliphatic heterocycles. The second kappa shape index (κ2) is 3.84. The lowest BCUT2D eigenvalue weighted by molar-refractivity contribution is 1.33. The molecular weight excluding hydrogens is 190 g/mol. The van der Waals surface area contributed by atoms with Gasteiger partial charge in [-0.05, 0) is 12.5 Å². The summed E-state index contributed by atoms with van der Waals surface area (Å²) in [5, 5.41) is 0. The van der Waals surface area contributed by atoms with Crippen molar-refractivity contribution in [2.45, 2.75) is 11.8 Å². The predicted octanol–water partition coefficient (Wildman–Crippen LogP) is 3.50. The lowest BCUT2D eigenvalue weighted by atomic mass is 10.4. The molecule has 4 heteroatoms. The van der Waals surface area contributed by atoms with Gasteiger partial charge >= 0.3 is 0 Å². The largest absolute Gasteiger partial charge is 0.131 e. The first kappa shape index (κ1) is 8.90. The topological polar surface area (TPSA) is 0 Å². The van der Waals surface area contributed by atoms with Crippen molar-refractivity contribution in [2.75, 3.05) is 0 Å². The van der Waals surface area contributed by atoms with E-state index in [1.807, 2.05) is 0 Å². The van der Waals surface area contributed by atoms with Gasteiger partial charge in [0.05, 0.1) is 0 Å². The first-order valence-corrected chi connectivity index (χ1v) is 3.48. The van der Waals surface area contributed by atoms with Crippen LogP contribution in [0.15, 0.2) is 10.1 Å². The van der Waals surface area contributed by atoms with Crippen LogP contribution in [-0.2, 0) is 0 Å².